The van der Waals surface area contributed by atoms with Crippen molar-refractivity contribution in [1.82, 2.24) is 0 Å². The van der Waals surface area contributed by atoms with Crippen molar-refractivity contribution >= 4 is 22.6 Å². The summed E-state index contributed by atoms with van der Waals surface area (Å²) >= 11 is 0. The molecule has 0 aliphatic heterocycles. The molecule has 0 amide bonds. The Morgan fingerprint density at radius 3 is 1.13 bits per heavy atom. The van der Waals surface area contributed by atoms with Crippen LogP contribution in [0.3, 0.4) is 0 Å². The molecule has 8 heteroatoms. The summed E-state index contributed by atoms with van der Waals surface area (Å²) in [6.07, 6.45) is 8.62. The monoisotopic (exact) mass is 1060 g/mol. The molecule has 4 aromatic rings. The summed E-state index contributed by atoms with van der Waals surface area (Å²) in [4.78, 5) is 11.5. The number of hydrogen-bond acceptors (Lipinski definition) is 6. The molecule has 0 radical (unpaired) electrons. The van der Waals surface area contributed by atoms with Crippen LogP contribution < -0.4 is 4.74 Å². The topological polar surface area (TPSA) is 74.2 Å². The van der Waals surface area contributed by atoms with Gasteiger partial charge in [-0.2, -0.15) is 0 Å². The van der Waals surface area contributed by atoms with Gasteiger partial charge >= 0.3 is 5.97 Å². The molecule has 6 nitrogen and oxygen atoms in total. The van der Waals surface area contributed by atoms with Gasteiger partial charge in [0.15, 0.2) is 23.2 Å². The van der Waals surface area contributed by atoms with Gasteiger partial charge in [0.2, 0.25) is 0 Å². The van der Waals surface area contributed by atoms with Gasteiger partial charge < -0.3 is 23.4 Å². The van der Waals surface area contributed by atoms with Crippen molar-refractivity contribution in [1.29, 1.82) is 0 Å². The highest BCUT2D eigenvalue weighted by Crippen LogP contribution is 2.45. The van der Waals surface area contributed by atoms with Gasteiger partial charge in [0.25, 0.3) is 0 Å². The number of phenols is 1. The maximum absolute atomic E-state index is 11.5. The number of carbonyl (C=O) groups excluding carboxylic acids is 1. The maximum Gasteiger partial charge on any atom is 0.343 e. The zero-order valence-corrected chi connectivity index (χ0v) is 54.4. The molecule has 1 N–H and O–H groups in total. The van der Waals surface area contributed by atoms with E-state index in [1.54, 1.807) is 0 Å². The molecule has 0 aromatic heterocycles. The standard InChI is InChI=1S/C35H56O4Si.C32H52O2Si/c1-14-35(15-2,29-19-20-30(26(4)23-29)38-24-32(36)37-11)28-18-16-27(25(3)22-28)17-21-31(33(5,6)7)39-40(12,13)34(8,9)10;1-13-32(14-2,27-18-19-28(33)24(4)22-27)26-17-15-25(23(3)21-26)16-20-29(30(5,6)7)34-35(11,12)31(8,9)10/h16,18-20,22-23,31H,14-15,17,21,24H2,1-13H3;15,17-19,21-22,29,33H,13-14,16,20H2,1-12H3. The van der Waals surface area contributed by atoms with Crippen molar-refractivity contribution in [3.63, 3.8) is 0 Å². The Hall–Kier alpha value is -3.70. The second kappa shape index (κ2) is 25.8. The average Bonchev–Trinajstić information content (AvgIpc) is 3.30. The van der Waals surface area contributed by atoms with Crippen molar-refractivity contribution in [2.24, 2.45) is 10.8 Å². The summed E-state index contributed by atoms with van der Waals surface area (Å²) in [5, 5.41) is 10.5. The van der Waals surface area contributed by atoms with Gasteiger partial charge in [-0.3, -0.25) is 0 Å². The lowest BCUT2D eigenvalue weighted by molar-refractivity contribution is -0.142. The van der Waals surface area contributed by atoms with Crippen molar-refractivity contribution < 1.29 is 28.2 Å². The first kappa shape index (κ1) is 65.6. The number of methoxy groups -OCH3 is 1. The number of aromatic hydroxyl groups is 1. The Labute approximate surface area is 462 Å². The Kier molecular flexibility index (Phi) is 22.6. The highest BCUT2D eigenvalue weighted by Gasteiger charge is 2.43. The van der Waals surface area contributed by atoms with Gasteiger partial charge in [0.05, 0.1) is 19.3 Å². The van der Waals surface area contributed by atoms with Gasteiger partial charge in [0, 0.05) is 10.8 Å². The fourth-order valence-corrected chi connectivity index (χ4v) is 13.3. The second-order valence-electron chi connectivity index (χ2n) is 27.3. The first-order valence-corrected chi connectivity index (χ1v) is 34.4. The van der Waals surface area contributed by atoms with Crippen LogP contribution in [0.4, 0.5) is 0 Å². The van der Waals surface area contributed by atoms with Gasteiger partial charge in [-0.25, -0.2) is 4.79 Å². The van der Waals surface area contributed by atoms with Crippen LogP contribution in [-0.2, 0) is 42.1 Å². The molecule has 0 aliphatic carbocycles. The number of ether oxygens (including phenoxy) is 2. The molecular weight excluding hydrogens is 957 g/mol. The van der Waals surface area contributed by atoms with Crippen LogP contribution in [0.15, 0.2) is 72.8 Å². The van der Waals surface area contributed by atoms with Crippen molar-refractivity contribution in [2.45, 2.75) is 249 Å². The zero-order valence-electron chi connectivity index (χ0n) is 52.4. The molecule has 2 unspecified atom stereocenters. The van der Waals surface area contributed by atoms with Crippen molar-refractivity contribution in [2.75, 3.05) is 13.7 Å². The van der Waals surface area contributed by atoms with Crippen molar-refractivity contribution in [3.8, 4) is 11.5 Å². The number of rotatable bonds is 21. The van der Waals surface area contributed by atoms with Crippen LogP contribution in [0.25, 0.3) is 0 Å². The number of carbonyl (C=O) groups is 1. The summed E-state index contributed by atoms with van der Waals surface area (Å²) in [6, 6.07) is 26.7. The number of esters is 1. The highest BCUT2D eigenvalue weighted by atomic mass is 28.4. The molecular formula is C67H108O6Si2. The fraction of sp³-hybridized carbons (Fsp3) is 0.627. The molecule has 0 spiro atoms. The molecule has 420 valence electrons. The van der Waals surface area contributed by atoms with Gasteiger partial charge in [-0.15, -0.1) is 0 Å². The van der Waals surface area contributed by atoms with E-state index in [0.29, 0.717) is 5.75 Å². The highest BCUT2D eigenvalue weighted by molar-refractivity contribution is 6.74. The van der Waals surface area contributed by atoms with E-state index in [1.807, 2.05) is 26.0 Å². The maximum atomic E-state index is 11.5. The summed E-state index contributed by atoms with van der Waals surface area (Å²) < 4.78 is 24.3. The summed E-state index contributed by atoms with van der Waals surface area (Å²) in [5.74, 6) is 0.709. The van der Waals surface area contributed by atoms with Crippen molar-refractivity contribution in [3.05, 3.63) is 128 Å². The van der Waals surface area contributed by atoms with Crippen LogP contribution in [0.2, 0.25) is 36.3 Å². The minimum Gasteiger partial charge on any atom is -0.508 e. The molecule has 0 bridgehead atoms. The quantitative estimate of drug-likeness (QED) is 0.0662. The molecule has 0 aliphatic rings. The normalized spacial score (nSPS) is 14.0. The van der Waals surface area contributed by atoms with E-state index in [4.69, 9.17) is 18.3 Å². The van der Waals surface area contributed by atoms with E-state index in [9.17, 15) is 9.90 Å². The van der Waals surface area contributed by atoms with Crippen LogP contribution in [0.5, 0.6) is 11.5 Å². The van der Waals surface area contributed by atoms with E-state index in [2.05, 4.69) is 211 Å². The van der Waals surface area contributed by atoms with Crippen LogP contribution in [0, 0.1) is 38.5 Å². The van der Waals surface area contributed by atoms with E-state index in [0.717, 1.165) is 68.2 Å². The lowest BCUT2D eigenvalue weighted by Crippen LogP contribution is -2.47. The molecule has 75 heavy (non-hydrogen) atoms. The predicted molar refractivity (Wildman–Crippen MR) is 326 cm³/mol. The Balaban J connectivity index is 0.000000399. The Morgan fingerprint density at radius 2 is 0.840 bits per heavy atom. The molecule has 4 rings (SSSR count). The number of phenolic OH excluding ortho intramolecular Hbond substituents is 1. The van der Waals surface area contributed by atoms with Crippen LogP contribution in [-0.4, -0.2) is 53.6 Å². The van der Waals surface area contributed by atoms with Gasteiger partial charge in [-0.05, 0) is 194 Å². The molecule has 0 saturated heterocycles. The number of benzene rings is 4. The summed E-state index contributed by atoms with van der Waals surface area (Å²) in [6.45, 7) is 54.8. The molecule has 0 saturated carbocycles. The third kappa shape index (κ3) is 16.4. The van der Waals surface area contributed by atoms with E-state index < -0.39 is 16.6 Å². The molecule has 0 fully saturated rings. The second-order valence-corrected chi connectivity index (χ2v) is 36.8. The summed E-state index contributed by atoms with van der Waals surface area (Å²) in [5.41, 5.74) is 12.9. The fourth-order valence-electron chi connectivity index (χ4n) is 10.2. The van der Waals surface area contributed by atoms with Crippen LogP contribution in [0.1, 0.15) is 205 Å². The lowest BCUT2D eigenvalue weighted by atomic mass is 9.69. The number of hydrogen-bond donors (Lipinski definition) is 1. The molecule has 2 atom stereocenters. The SMILES string of the molecule is CCC(CC)(c1ccc(CCC(O[Si](C)(C)C(C)(C)C)C(C)(C)C)c(C)c1)c1ccc(OCC(=O)OC)c(C)c1.CCC(CC)(c1ccc(O)c(C)c1)c1ccc(CCC(O[Si](C)(C)C(C)(C)C)C(C)(C)C)c(C)c1. The first-order chi connectivity index (χ1) is 34.4. The van der Waals surface area contributed by atoms with E-state index >= 15 is 0 Å². The van der Waals surface area contributed by atoms with Gasteiger partial charge in [-0.1, -0.05) is 171 Å². The third-order valence-electron chi connectivity index (χ3n) is 18.0. The Morgan fingerprint density at radius 1 is 0.507 bits per heavy atom. The Bertz CT molecular complexity index is 2460. The average molecular weight is 1070 g/mol. The largest absolute Gasteiger partial charge is 0.508 e. The van der Waals surface area contributed by atoms with E-state index in [-0.39, 0.29) is 56.5 Å². The van der Waals surface area contributed by atoms with Crippen LogP contribution >= 0.6 is 0 Å². The summed E-state index contributed by atoms with van der Waals surface area (Å²) in [7, 11) is -2.33. The third-order valence-corrected chi connectivity index (χ3v) is 27.0. The van der Waals surface area contributed by atoms with Gasteiger partial charge in [0.1, 0.15) is 11.5 Å². The molecule has 0 heterocycles. The first-order valence-electron chi connectivity index (χ1n) is 28.6. The minimum absolute atomic E-state index is 0.0405. The minimum atomic E-state index is -1.86. The zero-order chi connectivity index (χ0) is 57.3. The molecule has 4 aromatic carbocycles. The number of aryl methyl sites for hydroxylation is 6. The smallest absolute Gasteiger partial charge is 0.343 e. The van der Waals surface area contributed by atoms with E-state index in [1.165, 1.54) is 51.6 Å². The predicted octanol–water partition coefficient (Wildman–Crippen LogP) is 18.8. The lowest BCUT2D eigenvalue weighted by Gasteiger charge is -2.43.